The minimum atomic E-state index is -1.75. The Labute approximate surface area is 254 Å². The van der Waals surface area contributed by atoms with E-state index >= 15 is 0 Å². The van der Waals surface area contributed by atoms with E-state index in [2.05, 4.69) is 38.3 Å². The van der Waals surface area contributed by atoms with Crippen molar-refractivity contribution in [1.29, 1.82) is 0 Å². The highest BCUT2D eigenvalue weighted by Crippen LogP contribution is 2.73. The summed E-state index contributed by atoms with van der Waals surface area (Å²) in [6.07, 6.45) is 16.3. The molecule has 16 atom stereocenters. The zero-order chi connectivity index (χ0) is 28.8. The summed E-state index contributed by atoms with van der Waals surface area (Å²) in [5, 5.41) is 0. The van der Waals surface area contributed by atoms with E-state index in [9.17, 15) is 0 Å². The summed E-state index contributed by atoms with van der Waals surface area (Å²) in [7, 11) is -3.47. The van der Waals surface area contributed by atoms with Crippen molar-refractivity contribution in [1.82, 2.24) is 0 Å². The molecule has 3 nitrogen and oxygen atoms in total. The number of allylic oxidation sites excluding steroid dienone is 2. The predicted molar refractivity (Wildman–Crippen MR) is 174 cm³/mol. The predicted octanol–water partition coefficient (Wildman–Crippen LogP) is 9.03. The lowest BCUT2D eigenvalue weighted by molar-refractivity contribution is 0.0276. The summed E-state index contributed by atoms with van der Waals surface area (Å²) in [6.45, 7) is 21.4. The Kier molecular flexibility index (Phi) is 7.87. The van der Waals surface area contributed by atoms with Gasteiger partial charge in [0, 0.05) is 6.61 Å². The zero-order valence-corrected chi connectivity index (χ0v) is 29.7. The molecule has 0 amide bonds. The molecule has 7 saturated carbocycles. The number of ether oxygens (including phenoxy) is 2. The highest BCUT2D eigenvalue weighted by molar-refractivity contribution is 6.86. The van der Waals surface area contributed by atoms with Crippen molar-refractivity contribution in [2.24, 2.45) is 76.9 Å². The average molecular weight is 599 g/mol. The first-order valence-corrected chi connectivity index (χ1v) is 24.3. The van der Waals surface area contributed by atoms with Gasteiger partial charge < -0.3 is 13.6 Å². The first-order chi connectivity index (χ1) is 19.8. The fraction of sp³-hybridized carbons (Fsp3) is 0.944. The van der Waals surface area contributed by atoms with Gasteiger partial charge in [0.05, 0.1) is 13.2 Å². The Hall–Kier alpha value is 0.0538. The monoisotopic (exact) mass is 598 g/mol. The fourth-order valence-electron chi connectivity index (χ4n) is 13.9. The maximum absolute atomic E-state index is 7.70. The van der Waals surface area contributed by atoms with Gasteiger partial charge in [0.25, 0.3) is 0 Å². The van der Waals surface area contributed by atoms with Gasteiger partial charge in [-0.2, -0.15) is 0 Å². The molecule has 8 bridgehead atoms. The van der Waals surface area contributed by atoms with Crippen LogP contribution in [0.1, 0.15) is 72.6 Å². The third-order valence-electron chi connectivity index (χ3n) is 14.6. The van der Waals surface area contributed by atoms with Gasteiger partial charge in [-0.05, 0) is 159 Å². The summed E-state index contributed by atoms with van der Waals surface area (Å²) < 4.78 is 19.3. The van der Waals surface area contributed by atoms with Gasteiger partial charge in [0.1, 0.15) is 6.10 Å². The first-order valence-electron chi connectivity index (χ1n) is 18.4. The van der Waals surface area contributed by atoms with E-state index < -0.39 is 16.6 Å². The molecule has 8 fully saturated rings. The van der Waals surface area contributed by atoms with Crippen LogP contribution >= 0.6 is 0 Å². The molecule has 9 aliphatic rings. The molecule has 232 valence electrons. The van der Waals surface area contributed by atoms with Gasteiger partial charge in [-0.15, -0.1) is 0 Å². The van der Waals surface area contributed by atoms with Crippen molar-refractivity contribution in [3.63, 3.8) is 0 Å². The van der Waals surface area contributed by atoms with Gasteiger partial charge in [0.15, 0.2) is 16.6 Å². The van der Waals surface area contributed by atoms with E-state index in [1.165, 1.54) is 32.1 Å². The number of rotatable bonds is 8. The third-order valence-corrected chi connectivity index (χ3v) is 23.7. The number of epoxide rings is 1. The Morgan fingerprint density at radius 3 is 1.78 bits per heavy atom. The van der Waals surface area contributed by atoms with Crippen molar-refractivity contribution >= 4 is 16.6 Å². The van der Waals surface area contributed by atoms with Gasteiger partial charge in [-0.3, -0.25) is 0 Å². The van der Waals surface area contributed by atoms with Crippen LogP contribution in [0, 0.1) is 76.9 Å². The molecule has 1 saturated heterocycles. The summed E-state index contributed by atoms with van der Waals surface area (Å²) in [5.41, 5.74) is 1.85. The summed E-state index contributed by atoms with van der Waals surface area (Å²) >= 11 is 0. The minimum Gasteiger partial charge on any atom is -0.455 e. The van der Waals surface area contributed by atoms with Crippen LogP contribution in [-0.4, -0.2) is 42.6 Å². The van der Waals surface area contributed by atoms with Crippen LogP contribution in [-0.2, 0) is 13.6 Å². The Morgan fingerprint density at radius 1 is 0.610 bits per heavy atom. The second-order valence-electron chi connectivity index (χ2n) is 16.7. The molecule has 0 N–H and O–H groups in total. The molecule has 16 unspecified atom stereocenters. The lowest BCUT2D eigenvalue weighted by Gasteiger charge is -2.50. The van der Waals surface area contributed by atoms with E-state index in [-0.39, 0.29) is 0 Å². The molecule has 0 aromatic carbocycles. The standard InChI is InChI=1S/C32H50O3Si2.2C2H6/c1-36(2,27-12-20-10-25(27)31-18-6-5-17(7-18)29(20)31)35-37(3,4)28-13-21-11-26(28)32-24-9-19(30(21)32)8-22(24)14-33-15-23-16-34-23;2*1-2/h5-6,17-32H,7-16H2,1-4H3;2*1-2H3. The fourth-order valence-corrected chi connectivity index (χ4v) is 25.0. The molecule has 8 aliphatic carbocycles. The maximum Gasteiger partial charge on any atom is 0.176 e. The van der Waals surface area contributed by atoms with Crippen LogP contribution in [0.4, 0.5) is 0 Å². The molecule has 5 heteroatoms. The summed E-state index contributed by atoms with van der Waals surface area (Å²) in [6, 6.07) is 0. The summed E-state index contributed by atoms with van der Waals surface area (Å²) in [5.74, 6) is 12.9. The van der Waals surface area contributed by atoms with Crippen molar-refractivity contribution in [2.75, 3.05) is 19.8 Å². The van der Waals surface area contributed by atoms with Crippen molar-refractivity contribution < 1.29 is 13.6 Å². The van der Waals surface area contributed by atoms with E-state index in [0.717, 1.165) is 108 Å². The molecular formula is C36H62O3Si2. The minimum absolute atomic E-state index is 0.413. The van der Waals surface area contributed by atoms with Crippen LogP contribution in [0.2, 0.25) is 37.3 Å². The van der Waals surface area contributed by atoms with E-state index in [0.29, 0.717) is 6.10 Å². The Morgan fingerprint density at radius 2 is 1.15 bits per heavy atom. The Balaban J connectivity index is 0.000000664. The molecule has 1 heterocycles. The largest absolute Gasteiger partial charge is 0.455 e. The van der Waals surface area contributed by atoms with Crippen LogP contribution in [0.15, 0.2) is 12.2 Å². The lowest BCUT2D eigenvalue weighted by Crippen LogP contribution is -2.54. The molecule has 0 aromatic heterocycles. The van der Waals surface area contributed by atoms with Gasteiger partial charge in [0.2, 0.25) is 0 Å². The van der Waals surface area contributed by atoms with Crippen molar-refractivity contribution in [3.8, 4) is 0 Å². The van der Waals surface area contributed by atoms with E-state index in [1.807, 2.05) is 27.7 Å². The molecule has 0 spiro atoms. The quantitative estimate of drug-likeness (QED) is 0.121. The lowest BCUT2D eigenvalue weighted by atomic mass is 9.67. The number of hydrogen-bond donors (Lipinski definition) is 0. The molecular weight excluding hydrogens is 537 g/mol. The van der Waals surface area contributed by atoms with Crippen LogP contribution in [0.5, 0.6) is 0 Å². The Bertz CT molecular complexity index is 991. The smallest absolute Gasteiger partial charge is 0.176 e. The number of hydrogen-bond acceptors (Lipinski definition) is 3. The van der Waals surface area contributed by atoms with Crippen molar-refractivity contribution in [2.45, 2.75) is 116 Å². The first kappa shape index (κ1) is 29.7. The van der Waals surface area contributed by atoms with Gasteiger partial charge >= 0.3 is 0 Å². The third kappa shape index (κ3) is 4.62. The van der Waals surface area contributed by atoms with Crippen molar-refractivity contribution in [3.05, 3.63) is 12.2 Å². The topological polar surface area (TPSA) is 31.0 Å². The maximum atomic E-state index is 7.70. The molecule has 41 heavy (non-hydrogen) atoms. The number of fused-ring (bicyclic) bond motifs is 18. The highest BCUT2D eigenvalue weighted by Gasteiger charge is 2.68. The second-order valence-corrected chi connectivity index (χ2v) is 25.4. The normalized spacial score (nSPS) is 52.3. The van der Waals surface area contributed by atoms with Crippen LogP contribution in [0.25, 0.3) is 0 Å². The second kappa shape index (κ2) is 10.8. The van der Waals surface area contributed by atoms with Crippen LogP contribution < -0.4 is 0 Å². The molecule has 0 radical (unpaired) electrons. The molecule has 0 aromatic rings. The van der Waals surface area contributed by atoms with Crippen LogP contribution in [0.3, 0.4) is 0 Å². The average Bonchev–Trinajstić information content (AvgIpc) is 3.70. The van der Waals surface area contributed by atoms with E-state index in [1.54, 1.807) is 12.8 Å². The zero-order valence-electron chi connectivity index (χ0n) is 27.7. The van der Waals surface area contributed by atoms with E-state index in [4.69, 9.17) is 13.6 Å². The molecule has 9 rings (SSSR count). The summed E-state index contributed by atoms with van der Waals surface area (Å²) in [4.78, 5) is 0. The SMILES string of the molecule is CC.CC.C[Si](C)(O[Si](C)(C)C1CC2CC1C1C3CC(CC3COCC3CO3)C21)C1CC2CC1C1C3C=CC(C3)C21. The van der Waals surface area contributed by atoms with Gasteiger partial charge in [-0.25, -0.2) is 0 Å². The highest BCUT2D eigenvalue weighted by atomic mass is 28.4. The van der Waals surface area contributed by atoms with Gasteiger partial charge in [-0.1, -0.05) is 39.8 Å². The molecule has 1 aliphatic heterocycles.